The minimum Gasteiger partial charge on any atom is -0.491 e. The molecule has 1 aromatic rings. The Morgan fingerprint density at radius 3 is 2.47 bits per heavy atom. The van der Waals surface area contributed by atoms with Crippen LogP contribution in [0, 0.1) is 5.92 Å². The molecule has 1 rings (SSSR count). The smallest absolute Gasteiger partial charge is 0.306 e. The van der Waals surface area contributed by atoms with Crippen LogP contribution in [-0.2, 0) is 9.53 Å². The lowest BCUT2D eigenvalue weighted by atomic mass is 9.96. The molecule has 0 saturated heterocycles. The molecule has 0 heterocycles. The van der Waals surface area contributed by atoms with E-state index in [1.807, 2.05) is 19.9 Å². The van der Waals surface area contributed by atoms with E-state index >= 15 is 0 Å². The first kappa shape index (κ1) is 15.2. The SMILES string of the molecule is COC(=O)CC(C)C(=O)c1cccc(OC(C)C)c1. The van der Waals surface area contributed by atoms with Gasteiger partial charge in [-0.2, -0.15) is 0 Å². The van der Waals surface area contributed by atoms with Gasteiger partial charge in [0.1, 0.15) is 5.75 Å². The Labute approximate surface area is 113 Å². The third-order valence-electron chi connectivity index (χ3n) is 2.64. The highest BCUT2D eigenvalue weighted by atomic mass is 16.5. The molecule has 0 aromatic heterocycles. The summed E-state index contributed by atoms with van der Waals surface area (Å²) in [5.41, 5.74) is 0.551. The van der Waals surface area contributed by atoms with Crippen LogP contribution >= 0.6 is 0 Å². The molecule has 1 unspecified atom stereocenters. The molecule has 0 spiro atoms. The molecule has 4 nitrogen and oxygen atoms in total. The number of hydrogen-bond acceptors (Lipinski definition) is 4. The van der Waals surface area contributed by atoms with E-state index in [-0.39, 0.29) is 24.3 Å². The molecule has 4 heteroatoms. The Kier molecular flexibility index (Phi) is 5.55. The van der Waals surface area contributed by atoms with E-state index in [4.69, 9.17) is 4.74 Å². The topological polar surface area (TPSA) is 52.6 Å². The summed E-state index contributed by atoms with van der Waals surface area (Å²) in [4.78, 5) is 23.3. The van der Waals surface area contributed by atoms with E-state index in [1.54, 1.807) is 25.1 Å². The second kappa shape index (κ2) is 6.92. The normalized spacial score (nSPS) is 12.1. The van der Waals surface area contributed by atoms with Crippen LogP contribution in [0.25, 0.3) is 0 Å². The van der Waals surface area contributed by atoms with E-state index < -0.39 is 5.92 Å². The highest BCUT2D eigenvalue weighted by Gasteiger charge is 2.19. The molecule has 1 aromatic carbocycles. The number of Topliss-reactive ketones (excluding diaryl/α,β-unsaturated/α-hetero) is 1. The molecule has 0 aliphatic carbocycles. The first-order chi connectivity index (χ1) is 8.93. The Bertz CT molecular complexity index is 451. The monoisotopic (exact) mass is 264 g/mol. The Morgan fingerprint density at radius 2 is 1.89 bits per heavy atom. The summed E-state index contributed by atoms with van der Waals surface area (Å²) in [7, 11) is 1.32. The lowest BCUT2D eigenvalue weighted by molar-refractivity contribution is -0.141. The van der Waals surface area contributed by atoms with Crippen LogP contribution in [0.4, 0.5) is 0 Å². The van der Waals surface area contributed by atoms with Crippen molar-refractivity contribution in [2.75, 3.05) is 7.11 Å². The van der Waals surface area contributed by atoms with Gasteiger partial charge >= 0.3 is 5.97 Å². The quantitative estimate of drug-likeness (QED) is 0.585. The molecular formula is C15H20O4. The average Bonchev–Trinajstić information content (AvgIpc) is 2.37. The summed E-state index contributed by atoms with van der Waals surface area (Å²) in [5.74, 6) is -0.206. The molecule has 0 radical (unpaired) electrons. The van der Waals surface area contributed by atoms with Gasteiger partial charge in [-0.25, -0.2) is 0 Å². The van der Waals surface area contributed by atoms with Crippen LogP contribution in [0.2, 0.25) is 0 Å². The first-order valence-corrected chi connectivity index (χ1v) is 6.31. The molecule has 0 bridgehead atoms. The average molecular weight is 264 g/mol. The summed E-state index contributed by atoms with van der Waals surface area (Å²) in [6, 6.07) is 7.01. The molecule has 0 N–H and O–H groups in total. The minimum absolute atomic E-state index is 0.0536. The zero-order chi connectivity index (χ0) is 14.4. The highest BCUT2D eigenvalue weighted by Crippen LogP contribution is 2.19. The van der Waals surface area contributed by atoms with Gasteiger partial charge < -0.3 is 9.47 Å². The Balaban J connectivity index is 2.78. The number of benzene rings is 1. The second-order valence-corrected chi connectivity index (χ2v) is 4.74. The van der Waals surface area contributed by atoms with Crippen LogP contribution in [0.5, 0.6) is 5.75 Å². The lowest BCUT2D eigenvalue weighted by Gasteiger charge is -2.12. The number of esters is 1. The van der Waals surface area contributed by atoms with Gasteiger partial charge in [0, 0.05) is 11.5 Å². The Hall–Kier alpha value is -1.84. The van der Waals surface area contributed by atoms with E-state index in [1.165, 1.54) is 7.11 Å². The van der Waals surface area contributed by atoms with Crippen LogP contribution in [-0.4, -0.2) is 25.0 Å². The van der Waals surface area contributed by atoms with Crippen molar-refractivity contribution in [3.63, 3.8) is 0 Å². The number of carbonyl (C=O) groups is 2. The number of carbonyl (C=O) groups excluding carboxylic acids is 2. The van der Waals surface area contributed by atoms with Crippen LogP contribution < -0.4 is 4.74 Å². The third kappa shape index (κ3) is 4.73. The molecule has 0 fully saturated rings. The van der Waals surface area contributed by atoms with E-state index in [0.29, 0.717) is 11.3 Å². The maximum absolute atomic E-state index is 12.2. The van der Waals surface area contributed by atoms with Crippen molar-refractivity contribution < 1.29 is 19.1 Å². The van der Waals surface area contributed by atoms with Crippen molar-refractivity contribution in [2.45, 2.75) is 33.3 Å². The number of ketones is 1. The van der Waals surface area contributed by atoms with Gasteiger partial charge in [-0.15, -0.1) is 0 Å². The van der Waals surface area contributed by atoms with Gasteiger partial charge in [0.15, 0.2) is 5.78 Å². The zero-order valence-corrected chi connectivity index (χ0v) is 11.8. The molecule has 19 heavy (non-hydrogen) atoms. The lowest BCUT2D eigenvalue weighted by Crippen LogP contribution is -2.16. The highest BCUT2D eigenvalue weighted by molar-refractivity contribution is 5.99. The van der Waals surface area contributed by atoms with Gasteiger partial charge in [-0.3, -0.25) is 9.59 Å². The molecule has 104 valence electrons. The van der Waals surface area contributed by atoms with Crippen molar-refractivity contribution in [2.24, 2.45) is 5.92 Å². The van der Waals surface area contributed by atoms with Crippen molar-refractivity contribution >= 4 is 11.8 Å². The zero-order valence-electron chi connectivity index (χ0n) is 11.8. The Morgan fingerprint density at radius 1 is 1.21 bits per heavy atom. The fraction of sp³-hybridized carbons (Fsp3) is 0.467. The van der Waals surface area contributed by atoms with Gasteiger partial charge in [-0.1, -0.05) is 19.1 Å². The summed E-state index contributed by atoms with van der Waals surface area (Å²) in [6.07, 6.45) is 0.141. The molecule has 0 saturated carbocycles. The predicted molar refractivity (Wildman–Crippen MR) is 72.3 cm³/mol. The number of hydrogen-bond donors (Lipinski definition) is 0. The molecule has 0 aliphatic rings. The summed E-state index contributed by atoms with van der Waals surface area (Å²) in [5, 5.41) is 0. The molecule has 0 amide bonds. The maximum atomic E-state index is 12.2. The van der Waals surface area contributed by atoms with Crippen LogP contribution in [0.15, 0.2) is 24.3 Å². The van der Waals surface area contributed by atoms with Gasteiger partial charge in [0.2, 0.25) is 0 Å². The van der Waals surface area contributed by atoms with Gasteiger partial charge in [0.05, 0.1) is 19.6 Å². The van der Waals surface area contributed by atoms with Crippen LogP contribution in [0.1, 0.15) is 37.6 Å². The summed E-state index contributed by atoms with van der Waals surface area (Å²) >= 11 is 0. The van der Waals surface area contributed by atoms with Crippen molar-refractivity contribution in [3.8, 4) is 5.75 Å². The van der Waals surface area contributed by atoms with E-state index in [2.05, 4.69) is 4.74 Å². The third-order valence-corrected chi connectivity index (χ3v) is 2.64. The first-order valence-electron chi connectivity index (χ1n) is 6.31. The molecule has 0 aliphatic heterocycles. The fourth-order valence-electron chi connectivity index (χ4n) is 1.71. The van der Waals surface area contributed by atoms with Gasteiger partial charge in [-0.05, 0) is 26.0 Å². The summed E-state index contributed by atoms with van der Waals surface area (Å²) < 4.78 is 10.1. The minimum atomic E-state index is -0.401. The summed E-state index contributed by atoms with van der Waals surface area (Å²) in [6.45, 7) is 5.57. The van der Waals surface area contributed by atoms with Crippen molar-refractivity contribution in [3.05, 3.63) is 29.8 Å². The molecule has 1 atom stereocenters. The van der Waals surface area contributed by atoms with E-state index in [0.717, 1.165) is 0 Å². The van der Waals surface area contributed by atoms with Crippen LogP contribution in [0.3, 0.4) is 0 Å². The van der Waals surface area contributed by atoms with E-state index in [9.17, 15) is 9.59 Å². The second-order valence-electron chi connectivity index (χ2n) is 4.74. The van der Waals surface area contributed by atoms with Crippen molar-refractivity contribution in [1.29, 1.82) is 0 Å². The largest absolute Gasteiger partial charge is 0.491 e. The number of ether oxygens (including phenoxy) is 2. The van der Waals surface area contributed by atoms with Gasteiger partial charge in [0.25, 0.3) is 0 Å². The fourth-order valence-corrected chi connectivity index (χ4v) is 1.71. The molecular weight excluding hydrogens is 244 g/mol. The number of methoxy groups -OCH3 is 1. The number of rotatable bonds is 6. The predicted octanol–water partition coefficient (Wildman–Crippen LogP) is 2.86. The standard InChI is InChI=1S/C15H20O4/c1-10(2)19-13-7-5-6-12(9-13)15(17)11(3)8-14(16)18-4/h5-7,9-11H,8H2,1-4H3. The maximum Gasteiger partial charge on any atom is 0.306 e. The van der Waals surface area contributed by atoms with Crippen molar-refractivity contribution in [1.82, 2.24) is 0 Å².